The number of rotatable bonds is 7. The number of piperidine rings is 1. The maximum Gasteiger partial charge on any atom is 0.307 e. The number of hydrogen-bond acceptors (Lipinski definition) is 6. The number of aliphatic carboxylic acids is 1. The molecule has 176 valence electrons. The molecule has 0 aliphatic carbocycles. The third kappa shape index (κ3) is 4.93. The van der Waals surface area contributed by atoms with Crippen molar-refractivity contribution in [2.24, 2.45) is 5.92 Å². The summed E-state index contributed by atoms with van der Waals surface area (Å²) < 4.78 is 28.9. The molecule has 1 saturated heterocycles. The zero-order valence-corrected chi connectivity index (χ0v) is 20.2. The molecule has 0 radical (unpaired) electrons. The topological polar surface area (TPSA) is 109 Å². The van der Waals surface area contributed by atoms with E-state index in [1.54, 1.807) is 36.7 Å². The van der Waals surface area contributed by atoms with Gasteiger partial charge in [0.1, 0.15) is 5.82 Å². The third-order valence-electron chi connectivity index (χ3n) is 5.82. The Hall–Kier alpha value is -2.40. The first-order valence-electron chi connectivity index (χ1n) is 10.4. The number of hydrogen-bond donors (Lipinski definition) is 1. The molecule has 0 bridgehead atoms. The Balaban J connectivity index is 1.60. The second-order valence-corrected chi connectivity index (χ2v) is 10.9. The molecular formula is C21H23Cl2N5O4S. The summed E-state index contributed by atoms with van der Waals surface area (Å²) >= 11 is 12.6. The van der Waals surface area contributed by atoms with Crippen LogP contribution >= 0.6 is 23.2 Å². The van der Waals surface area contributed by atoms with Gasteiger partial charge in [0.05, 0.1) is 39.2 Å². The largest absolute Gasteiger partial charge is 0.481 e. The molecule has 1 aromatic carbocycles. The van der Waals surface area contributed by atoms with Crippen LogP contribution in [0.4, 0.5) is 5.82 Å². The number of carboxylic acid groups (broad SMARTS) is 1. The van der Waals surface area contributed by atoms with Crippen molar-refractivity contribution in [3.8, 4) is 5.69 Å². The van der Waals surface area contributed by atoms with E-state index in [1.165, 1.54) is 4.31 Å². The molecule has 33 heavy (non-hydrogen) atoms. The molecule has 0 amide bonds. The highest BCUT2D eigenvalue weighted by Gasteiger charge is 2.32. The van der Waals surface area contributed by atoms with Crippen LogP contribution in [-0.2, 0) is 14.8 Å². The molecule has 1 fully saturated rings. The summed E-state index contributed by atoms with van der Waals surface area (Å²) in [6.07, 6.45) is 6.12. The molecule has 1 aliphatic heterocycles. The second-order valence-electron chi connectivity index (χ2n) is 8.00. The van der Waals surface area contributed by atoms with Gasteiger partial charge in [-0.05, 0) is 25.0 Å². The average molecular weight is 512 g/mol. The highest BCUT2D eigenvalue weighted by molar-refractivity contribution is 7.89. The fourth-order valence-electron chi connectivity index (χ4n) is 3.91. The summed E-state index contributed by atoms with van der Waals surface area (Å²) in [4.78, 5) is 21.8. The number of aromatic nitrogens is 3. The fraction of sp³-hybridized carbons (Fsp3) is 0.381. The maximum absolute atomic E-state index is 12.9. The van der Waals surface area contributed by atoms with Gasteiger partial charge >= 0.3 is 5.97 Å². The van der Waals surface area contributed by atoms with Crippen LogP contribution in [0.25, 0.3) is 16.6 Å². The summed E-state index contributed by atoms with van der Waals surface area (Å²) in [5.74, 6) is -1.28. The van der Waals surface area contributed by atoms with E-state index in [0.717, 1.165) is 11.1 Å². The number of fused-ring (bicyclic) bond motifs is 1. The lowest BCUT2D eigenvalue weighted by molar-refractivity contribution is -0.142. The van der Waals surface area contributed by atoms with Gasteiger partial charge in [0.2, 0.25) is 10.0 Å². The number of anilines is 1. The first-order valence-corrected chi connectivity index (χ1v) is 12.7. The van der Waals surface area contributed by atoms with E-state index in [0.29, 0.717) is 40.8 Å². The van der Waals surface area contributed by atoms with Gasteiger partial charge in [0.25, 0.3) is 0 Å². The number of carbonyl (C=O) groups is 1. The van der Waals surface area contributed by atoms with E-state index in [-0.39, 0.29) is 18.8 Å². The normalized spacial score (nSPS) is 17.4. The Bertz CT molecular complexity index is 1280. The van der Waals surface area contributed by atoms with Gasteiger partial charge in [0.15, 0.2) is 0 Å². The summed E-state index contributed by atoms with van der Waals surface area (Å²) in [6.45, 7) is 0.508. The summed E-state index contributed by atoms with van der Waals surface area (Å²) in [5, 5.41) is 10.7. The lowest BCUT2D eigenvalue weighted by atomic mass is 10.0. The minimum absolute atomic E-state index is 0.00842. The maximum atomic E-state index is 12.9. The third-order valence-corrected chi connectivity index (χ3v) is 8.43. The van der Waals surface area contributed by atoms with E-state index in [9.17, 15) is 18.3 Å². The van der Waals surface area contributed by atoms with Crippen molar-refractivity contribution < 1.29 is 18.3 Å². The lowest BCUT2D eigenvalue weighted by Gasteiger charge is -2.30. The molecule has 1 aliphatic rings. The van der Waals surface area contributed by atoms with Crippen LogP contribution in [0.2, 0.25) is 10.0 Å². The van der Waals surface area contributed by atoms with Crippen molar-refractivity contribution in [3.63, 3.8) is 0 Å². The van der Waals surface area contributed by atoms with E-state index in [1.807, 2.05) is 16.7 Å². The van der Waals surface area contributed by atoms with Crippen molar-refractivity contribution in [1.29, 1.82) is 0 Å². The van der Waals surface area contributed by atoms with E-state index in [4.69, 9.17) is 23.2 Å². The molecule has 0 spiro atoms. The molecule has 2 aromatic heterocycles. The molecule has 9 nitrogen and oxygen atoms in total. The Labute approximate surface area is 201 Å². The molecule has 1 atom stereocenters. The zero-order chi connectivity index (χ0) is 23.8. The number of halogens is 2. The van der Waals surface area contributed by atoms with Crippen molar-refractivity contribution in [3.05, 3.63) is 47.0 Å². The molecule has 1 unspecified atom stereocenters. The quantitative estimate of drug-likeness (QED) is 0.518. The zero-order valence-electron chi connectivity index (χ0n) is 17.9. The average Bonchev–Trinajstić information content (AvgIpc) is 3.34. The number of carboxylic acids is 1. The SMILES string of the molecule is CN(CCS(=O)(=O)N1CCCC(C(=O)O)C1)c1cc(-n2ccnc2)c2ccc(Cl)c(Cl)c2n1. The number of imidazole rings is 1. The summed E-state index contributed by atoms with van der Waals surface area (Å²) in [6, 6.07) is 5.37. The van der Waals surface area contributed by atoms with Crippen LogP contribution in [0.15, 0.2) is 36.9 Å². The predicted octanol–water partition coefficient (Wildman–Crippen LogP) is 3.29. The first-order chi connectivity index (χ1) is 15.7. The van der Waals surface area contributed by atoms with Gasteiger partial charge in [-0.2, -0.15) is 0 Å². The van der Waals surface area contributed by atoms with E-state index in [2.05, 4.69) is 9.97 Å². The van der Waals surface area contributed by atoms with E-state index >= 15 is 0 Å². The summed E-state index contributed by atoms with van der Waals surface area (Å²) in [7, 11) is -1.88. The fourth-order valence-corrected chi connectivity index (χ4v) is 5.84. The highest BCUT2D eigenvalue weighted by atomic mass is 35.5. The second kappa shape index (κ2) is 9.46. The van der Waals surface area contributed by atoms with Crippen LogP contribution in [0.1, 0.15) is 12.8 Å². The van der Waals surface area contributed by atoms with E-state index < -0.39 is 21.9 Å². The van der Waals surface area contributed by atoms with Crippen molar-refractivity contribution in [2.45, 2.75) is 12.8 Å². The molecule has 3 aromatic rings. The number of pyridine rings is 1. The van der Waals surface area contributed by atoms with Gasteiger partial charge < -0.3 is 14.6 Å². The monoisotopic (exact) mass is 511 g/mol. The Morgan fingerprint density at radius 3 is 2.82 bits per heavy atom. The van der Waals surface area contributed by atoms with Gasteiger partial charge in [0, 0.05) is 50.5 Å². The molecule has 12 heteroatoms. The molecule has 0 saturated carbocycles. The van der Waals surface area contributed by atoms with Crippen LogP contribution in [0, 0.1) is 5.92 Å². The lowest BCUT2D eigenvalue weighted by Crippen LogP contribution is -2.44. The Morgan fingerprint density at radius 2 is 2.12 bits per heavy atom. The number of sulfonamides is 1. The molecule has 1 N–H and O–H groups in total. The Kier molecular flexibility index (Phi) is 6.81. The molecular weight excluding hydrogens is 489 g/mol. The number of nitrogens with zero attached hydrogens (tertiary/aromatic N) is 5. The van der Waals surface area contributed by atoms with Crippen LogP contribution in [0.5, 0.6) is 0 Å². The minimum atomic E-state index is -3.63. The molecule has 3 heterocycles. The summed E-state index contributed by atoms with van der Waals surface area (Å²) in [5.41, 5.74) is 1.28. The van der Waals surface area contributed by atoms with Gasteiger partial charge in [-0.3, -0.25) is 4.79 Å². The Morgan fingerprint density at radius 1 is 1.33 bits per heavy atom. The standard InChI is InChI=1S/C21H23Cl2N5O4S/c1-26(9-10-33(31,32)28-7-2-3-14(12-28)21(29)30)18-11-17(27-8-6-24-13-27)15-4-5-16(22)19(23)20(15)25-18/h4-6,8,11,13-14H,2-3,7,9-10,12H2,1H3,(H,29,30). The van der Waals surface area contributed by atoms with Crippen LogP contribution in [-0.4, -0.2) is 70.8 Å². The first kappa shape index (κ1) is 23.7. The number of benzene rings is 1. The highest BCUT2D eigenvalue weighted by Crippen LogP contribution is 2.34. The van der Waals surface area contributed by atoms with Crippen molar-refractivity contribution in [1.82, 2.24) is 18.8 Å². The van der Waals surface area contributed by atoms with Gasteiger partial charge in [-0.1, -0.05) is 23.2 Å². The van der Waals surface area contributed by atoms with Crippen molar-refractivity contribution >= 4 is 55.9 Å². The molecule has 4 rings (SSSR count). The smallest absolute Gasteiger partial charge is 0.307 e. The van der Waals surface area contributed by atoms with Crippen LogP contribution in [0.3, 0.4) is 0 Å². The van der Waals surface area contributed by atoms with Gasteiger partial charge in [-0.25, -0.2) is 22.7 Å². The predicted molar refractivity (Wildman–Crippen MR) is 128 cm³/mol. The van der Waals surface area contributed by atoms with Crippen molar-refractivity contribution in [2.75, 3.05) is 37.3 Å². The van der Waals surface area contributed by atoms with Gasteiger partial charge in [-0.15, -0.1) is 0 Å². The van der Waals surface area contributed by atoms with Crippen LogP contribution < -0.4 is 4.90 Å². The minimum Gasteiger partial charge on any atom is -0.481 e.